The van der Waals surface area contributed by atoms with Crippen molar-refractivity contribution in [3.05, 3.63) is 59.3 Å². The Bertz CT molecular complexity index is 1500. The van der Waals surface area contributed by atoms with Gasteiger partial charge in [0, 0.05) is 10.4 Å². The van der Waals surface area contributed by atoms with Gasteiger partial charge in [-0.1, -0.05) is 37.6 Å². The summed E-state index contributed by atoms with van der Waals surface area (Å²) in [7, 11) is -3.01. The average molecular weight is 590 g/mol. The third kappa shape index (κ3) is 6.32. The third-order valence-corrected chi connectivity index (χ3v) is 8.71. The first-order valence-corrected chi connectivity index (χ1v) is 14.8. The number of ketones is 1. The first kappa shape index (κ1) is 29.6. The molecule has 2 heterocycles. The third-order valence-electron chi connectivity index (χ3n) is 6.63. The SMILES string of the molecule is COc1cccc2cc(C(=O)NC(CC(C)C)C(=O)N([C@H]3CCCNCC3=O)S(=O)(=O)c3ccc(Cl)cc3)oc12. The largest absolute Gasteiger partial charge is 0.493 e. The molecule has 0 spiro atoms. The van der Waals surface area contributed by atoms with Crippen LogP contribution in [0.2, 0.25) is 5.02 Å². The molecule has 0 bridgehead atoms. The van der Waals surface area contributed by atoms with Crippen LogP contribution >= 0.6 is 11.6 Å². The monoisotopic (exact) mass is 589 g/mol. The molecule has 1 fully saturated rings. The highest BCUT2D eigenvalue weighted by Gasteiger charge is 2.43. The number of nitrogens with one attached hydrogen (secondary N) is 2. The molecule has 1 aliphatic heterocycles. The van der Waals surface area contributed by atoms with Crippen molar-refractivity contribution in [1.29, 1.82) is 0 Å². The number of methoxy groups -OCH3 is 1. The Kier molecular flexibility index (Phi) is 9.17. The zero-order valence-electron chi connectivity index (χ0n) is 22.5. The minimum absolute atomic E-state index is 0.0668. The molecule has 3 aromatic rings. The fraction of sp³-hybridized carbons (Fsp3) is 0.393. The van der Waals surface area contributed by atoms with Gasteiger partial charge < -0.3 is 19.8 Å². The van der Waals surface area contributed by atoms with E-state index in [1.165, 1.54) is 37.4 Å². The molecule has 214 valence electrons. The highest BCUT2D eigenvalue weighted by molar-refractivity contribution is 7.89. The van der Waals surface area contributed by atoms with Gasteiger partial charge in [-0.05, 0) is 68.1 Å². The molecule has 1 saturated heterocycles. The molecule has 0 saturated carbocycles. The number of Topliss-reactive ketones (excluding diaryl/α,β-unsaturated/α-hetero) is 1. The lowest BCUT2D eigenvalue weighted by Crippen LogP contribution is -2.56. The number of sulfonamides is 1. The smallest absolute Gasteiger partial charge is 0.287 e. The number of amides is 2. The summed E-state index contributed by atoms with van der Waals surface area (Å²) in [5, 5.41) is 6.58. The maximum absolute atomic E-state index is 14.1. The van der Waals surface area contributed by atoms with E-state index < -0.39 is 39.7 Å². The van der Waals surface area contributed by atoms with E-state index in [1.54, 1.807) is 18.2 Å². The van der Waals surface area contributed by atoms with Crippen molar-refractivity contribution < 1.29 is 32.0 Å². The molecule has 4 rings (SSSR count). The Morgan fingerprint density at radius 2 is 1.93 bits per heavy atom. The van der Waals surface area contributed by atoms with Crippen molar-refractivity contribution in [2.24, 2.45) is 5.92 Å². The molecule has 2 N–H and O–H groups in total. The Labute approximate surface area is 238 Å². The van der Waals surface area contributed by atoms with Crippen molar-refractivity contribution >= 4 is 50.2 Å². The Balaban J connectivity index is 1.73. The number of fused-ring (bicyclic) bond motifs is 1. The standard InChI is InChI=1S/C28H32ClN3O7S/c1-17(2)14-21(31-27(34)25-15-18-6-4-8-24(38-3)26(18)39-25)28(35)32(22-7-5-13-30-16-23(22)33)40(36,37)20-11-9-19(29)10-12-20/h4,6,8-12,15,17,21-22,30H,5,7,13-14,16H2,1-3H3,(H,31,34)/t21?,22-/m0/s1. The van der Waals surface area contributed by atoms with E-state index in [2.05, 4.69) is 10.6 Å². The maximum Gasteiger partial charge on any atom is 0.287 e. The summed E-state index contributed by atoms with van der Waals surface area (Å²) in [4.78, 5) is 40.4. The molecular weight excluding hydrogens is 558 g/mol. The molecule has 40 heavy (non-hydrogen) atoms. The Morgan fingerprint density at radius 3 is 2.60 bits per heavy atom. The summed E-state index contributed by atoms with van der Waals surface area (Å²) in [5.41, 5.74) is 0.366. The van der Waals surface area contributed by atoms with E-state index >= 15 is 0 Å². The lowest BCUT2D eigenvalue weighted by atomic mass is 10.0. The first-order chi connectivity index (χ1) is 19.0. The number of furan rings is 1. The number of para-hydroxylation sites is 1. The second kappa shape index (κ2) is 12.4. The predicted octanol–water partition coefficient (Wildman–Crippen LogP) is 3.78. The summed E-state index contributed by atoms with van der Waals surface area (Å²) in [6.45, 7) is 4.12. The number of nitrogens with zero attached hydrogens (tertiary/aromatic N) is 1. The average Bonchev–Trinajstić information content (AvgIpc) is 3.26. The number of carbonyl (C=O) groups excluding carboxylic acids is 3. The van der Waals surface area contributed by atoms with Crippen LogP contribution in [0.1, 0.15) is 43.7 Å². The minimum atomic E-state index is -4.49. The van der Waals surface area contributed by atoms with Crippen molar-refractivity contribution in [3.63, 3.8) is 0 Å². The van der Waals surface area contributed by atoms with Crippen molar-refractivity contribution in [2.45, 2.75) is 50.1 Å². The normalized spacial score (nSPS) is 16.9. The summed E-state index contributed by atoms with van der Waals surface area (Å²) < 4.78 is 39.5. The van der Waals surface area contributed by atoms with Gasteiger partial charge in [0.1, 0.15) is 12.1 Å². The van der Waals surface area contributed by atoms with Crippen LogP contribution in [0.3, 0.4) is 0 Å². The summed E-state index contributed by atoms with van der Waals surface area (Å²) >= 11 is 5.97. The zero-order chi connectivity index (χ0) is 29.0. The van der Waals surface area contributed by atoms with Gasteiger partial charge >= 0.3 is 0 Å². The fourth-order valence-corrected chi connectivity index (χ4v) is 6.46. The topological polar surface area (TPSA) is 135 Å². The van der Waals surface area contributed by atoms with Crippen LogP contribution in [0, 0.1) is 5.92 Å². The van der Waals surface area contributed by atoms with Crippen LogP contribution < -0.4 is 15.4 Å². The molecule has 2 atom stereocenters. The maximum atomic E-state index is 14.1. The Morgan fingerprint density at radius 1 is 1.20 bits per heavy atom. The molecule has 2 amide bonds. The number of hydrogen-bond acceptors (Lipinski definition) is 8. The molecule has 1 unspecified atom stereocenters. The lowest BCUT2D eigenvalue weighted by Gasteiger charge is -2.33. The molecule has 0 radical (unpaired) electrons. The van der Waals surface area contributed by atoms with Gasteiger partial charge in [0.2, 0.25) is 0 Å². The van der Waals surface area contributed by atoms with Crippen LogP contribution in [0.25, 0.3) is 11.0 Å². The van der Waals surface area contributed by atoms with Crippen LogP contribution in [0.15, 0.2) is 57.8 Å². The molecule has 1 aliphatic rings. The molecule has 10 nitrogen and oxygen atoms in total. The van der Waals surface area contributed by atoms with Crippen LogP contribution in [-0.4, -0.2) is 62.6 Å². The lowest BCUT2D eigenvalue weighted by molar-refractivity contribution is -0.135. The van der Waals surface area contributed by atoms with Crippen molar-refractivity contribution in [1.82, 2.24) is 14.9 Å². The second-order valence-electron chi connectivity index (χ2n) is 10.0. The van der Waals surface area contributed by atoms with Gasteiger partial charge in [-0.2, -0.15) is 0 Å². The van der Waals surface area contributed by atoms with Gasteiger partial charge in [-0.3, -0.25) is 14.4 Å². The highest BCUT2D eigenvalue weighted by atomic mass is 35.5. The number of ether oxygens (including phenoxy) is 1. The fourth-order valence-electron chi connectivity index (χ4n) is 4.70. The summed E-state index contributed by atoms with van der Waals surface area (Å²) in [6.07, 6.45) is 0.758. The second-order valence-corrected chi connectivity index (χ2v) is 12.3. The van der Waals surface area contributed by atoms with Gasteiger partial charge in [0.25, 0.3) is 21.8 Å². The van der Waals surface area contributed by atoms with E-state index in [1.807, 2.05) is 13.8 Å². The van der Waals surface area contributed by atoms with E-state index in [4.69, 9.17) is 20.8 Å². The number of rotatable bonds is 9. The van der Waals surface area contributed by atoms with E-state index in [9.17, 15) is 22.8 Å². The number of carbonyl (C=O) groups is 3. The molecule has 1 aromatic heterocycles. The summed E-state index contributed by atoms with van der Waals surface area (Å²) in [5.74, 6) is -1.75. The number of benzene rings is 2. The number of halogens is 1. The summed E-state index contributed by atoms with van der Waals surface area (Å²) in [6, 6.07) is 9.60. The molecule has 2 aromatic carbocycles. The van der Waals surface area contributed by atoms with Gasteiger partial charge in [-0.15, -0.1) is 0 Å². The quantitative estimate of drug-likeness (QED) is 0.385. The van der Waals surface area contributed by atoms with Crippen LogP contribution in [0.5, 0.6) is 5.75 Å². The Hall–Kier alpha value is -3.41. The van der Waals surface area contributed by atoms with E-state index in [0.717, 1.165) is 0 Å². The minimum Gasteiger partial charge on any atom is -0.493 e. The number of hydrogen-bond donors (Lipinski definition) is 2. The van der Waals surface area contributed by atoms with Crippen molar-refractivity contribution in [3.8, 4) is 5.75 Å². The first-order valence-electron chi connectivity index (χ1n) is 13.0. The van der Waals surface area contributed by atoms with Crippen LogP contribution in [0.4, 0.5) is 0 Å². The molecular formula is C28H32ClN3O7S. The van der Waals surface area contributed by atoms with Crippen LogP contribution in [-0.2, 0) is 19.6 Å². The van der Waals surface area contributed by atoms with Gasteiger partial charge in [-0.25, -0.2) is 12.7 Å². The van der Waals surface area contributed by atoms with Gasteiger partial charge in [0.05, 0.1) is 18.6 Å². The predicted molar refractivity (Wildman–Crippen MR) is 150 cm³/mol. The highest BCUT2D eigenvalue weighted by Crippen LogP contribution is 2.29. The van der Waals surface area contributed by atoms with E-state index in [0.29, 0.717) is 39.0 Å². The van der Waals surface area contributed by atoms with Gasteiger partial charge in [0.15, 0.2) is 22.9 Å². The van der Waals surface area contributed by atoms with Crippen molar-refractivity contribution in [2.75, 3.05) is 20.2 Å². The zero-order valence-corrected chi connectivity index (χ0v) is 24.0. The molecule has 0 aliphatic carbocycles. The van der Waals surface area contributed by atoms with E-state index in [-0.39, 0.29) is 36.0 Å². The molecule has 12 heteroatoms.